The van der Waals surface area contributed by atoms with E-state index in [0.717, 1.165) is 18.2 Å². The normalized spacial score (nSPS) is 10.8. The van der Waals surface area contributed by atoms with E-state index in [9.17, 15) is 4.79 Å². The first-order chi connectivity index (χ1) is 7.52. The minimum Gasteiger partial charge on any atom is -0.481 e. The summed E-state index contributed by atoms with van der Waals surface area (Å²) in [6.07, 6.45) is 0.00966. The molecule has 1 heterocycles. The van der Waals surface area contributed by atoms with Crippen LogP contribution in [0.5, 0.6) is 0 Å². The van der Waals surface area contributed by atoms with Gasteiger partial charge in [0.2, 0.25) is 0 Å². The van der Waals surface area contributed by atoms with Crippen LogP contribution in [-0.4, -0.2) is 29.1 Å². The van der Waals surface area contributed by atoms with Crippen molar-refractivity contribution in [3.63, 3.8) is 0 Å². The Hall–Kier alpha value is -1.10. The summed E-state index contributed by atoms with van der Waals surface area (Å²) < 4.78 is 0. The summed E-state index contributed by atoms with van der Waals surface area (Å²) in [4.78, 5) is 17.1. The Bertz CT molecular complexity index is 350. The second kappa shape index (κ2) is 5.84. The SMILES string of the molecule is CCN(CC(C)C)c1nc(CC(=O)O)cs1. The Morgan fingerprint density at radius 3 is 2.81 bits per heavy atom. The molecule has 0 spiro atoms. The largest absolute Gasteiger partial charge is 0.481 e. The van der Waals surface area contributed by atoms with Crippen LogP contribution in [0.1, 0.15) is 26.5 Å². The molecule has 0 radical (unpaired) electrons. The van der Waals surface area contributed by atoms with E-state index in [4.69, 9.17) is 5.11 Å². The molecule has 5 heteroatoms. The van der Waals surface area contributed by atoms with Gasteiger partial charge in [0.25, 0.3) is 0 Å². The fourth-order valence-electron chi connectivity index (χ4n) is 1.46. The first-order valence-corrected chi connectivity index (χ1v) is 6.32. The third-order valence-corrected chi connectivity index (χ3v) is 3.06. The van der Waals surface area contributed by atoms with Crippen LogP contribution in [0, 0.1) is 5.92 Å². The highest BCUT2D eigenvalue weighted by Gasteiger charge is 2.12. The number of aliphatic carboxylic acids is 1. The third-order valence-electron chi connectivity index (χ3n) is 2.11. The molecule has 0 unspecified atom stereocenters. The quantitative estimate of drug-likeness (QED) is 0.831. The Morgan fingerprint density at radius 1 is 1.62 bits per heavy atom. The molecule has 1 aromatic rings. The number of rotatable bonds is 6. The van der Waals surface area contributed by atoms with Crippen molar-refractivity contribution in [3.8, 4) is 0 Å². The first-order valence-electron chi connectivity index (χ1n) is 5.44. The average Bonchev–Trinajstić information content (AvgIpc) is 2.61. The summed E-state index contributed by atoms with van der Waals surface area (Å²) in [5.41, 5.74) is 0.648. The maximum absolute atomic E-state index is 10.5. The van der Waals surface area contributed by atoms with Crippen molar-refractivity contribution in [1.29, 1.82) is 0 Å². The second-order valence-corrected chi connectivity index (χ2v) is 4.96. The summed E-state index contributed by atoms with van der Waals surface area (Å²) in [5, 5.41) is 11.4. The number of aromatic nitrogens is 1. The zero-order valence-electron chi connectivity index (χ0n) is 9.93. The van der Waals surface area contributed by atoms with Crippen LogP contribution >= 0.6 is 11.3 Å². The number of anilines is 1. The van der Waals surface area contributed by atoms with Crippen LogP contribution in [0.25, 0.3) is 0 Å². The highest BCUT2D eigenvalue weighted by atomic mass is 32.1. The molecule has 0 amide bonds. The van der Waals surface area contributed by atoms with Crippen LogP contribution in [0.2, 0.25) is 0 Å². The van der Waals surface area contributed by atoms with Crippen LogP contribution in [0.3, 0.4) is 0 Å². The molecule has 0 saturated carbocycles. The smallest absolute Gasteiger partial charge is 0.309 e. The molecule has 0 atom stereocenters. The molecule has 0 aromatic carbocycles. The van der Waals surface area contributed by atoms with Gasteiger partial charge >= 0.3 is 5.97 Å². The van der Waals surface area contributed by atoms with Gasteiger partial charge < -0.3 is 10.0 Å². The molecular weight excluding hydrogens is 224 g/mol. The molecule has 1 rings (SSSR count). The van der Waals surface area contributed by atoms with E-state index in [-0.39, 0.29) is 6.42 Å². The van der Waals surface area contributed by atoms with Crippen LogP contribution in [0.4, 0.5) is 5.13 Å². The van der Waals surface area contributed by atoms with Crippen molar-refractivity contribution in [2.75, 3.05) is 18.0 Å². The van der Waals surface area contributed by atoms with Crippen molar-refractivity contribution in [3.05, 3.63) is 11.1 Å². The van der Waals surface area contributed by atoms with E-state index in [1.807, 2.05) is 5.38 Å². The molecule has 0 fully saturated rings. The first kappa shape index (κ1) is 13.0. The number of thiazole rings is 1. The fraction of sp³-hybridized carbons (Fsp3) is 0.636. The minimum absolute atomic E-state index is 0.00966. The van der Waals surface area contributed by atoms with Gasteiger partial charge in [-0.3, -0.25) is 4.79 Å². The van der Waals surface area contributed by atoms with E-state index in [1.165, 1.54) is 11.3 Å². The molecule has 1 aromatic heterocycles. The number of hydrogen-bond donors (Lipinski definition) is 1. The van der Waals surface area contributed by atoms with E-state index in [2.05, 4.69) is 30.7 Å². The lowest BCUT2D eigenvalue weighted by atomic mass is 10.2. The standard InChI is InChI=1S/C11H18N2O2S/c1-4-13(6-8(2)3)11-12-9(7-16-11)5-10(14)15/h7-8H,4-6H2,1-3H3,(H,14,15). The van der Waals surface area contributed by atoms with E-state index < -0.39 is 5.97 Å². The Labute approximate surface area is 99.9 Å². The lowest BCUT2D eigenvalue weighted by molar-refractivity contribution is -0.136. The van der Waals surface area contributed by atoms with Crippen molar-refractivity contribution >= 4 is 22.4 Å². The zero-order chi connectivity index (χ0) is 12.1. The molecule has 0 aliphatic rings. The van der Waals surface area contributed by atoms with E-state index >= 15 is 0 Å². The average molecular weight is 242 g/mol. The second-order valence-electron chi connectivity index (χ2n) is 4.12. The predicted molar refractivity (Wildman–Crippen MR) is 66.2 cm³/mol. The lowest BCUT2D eigenvalue weighted by Crippen LogP contribution is -2.27. The van der Waals surface area contributed by atoms with Gasteiger partial charge in [-0.05, 0) is 12.8 Å². The van der Waals surface area contributed by atoms with Gasteiger partial charge in [0, 0.05) is 18.5 Å². The number of carbonyl (C=O) groups is 1. The molecular formula is C11H18N2O2S. The highest BCUT2D eigenvalue weighted by molar-refractivity contribution is 7.13. The monoisotopic (exact) mass is 242 g/mol. The van der Waals surface area contributed by atoms with Crippen LogP contribution in [0.15, 0.2) is 5.38 Å². The molecule has 16 heavy (non-hydrogen) atoms. The molecule has 0 saturated heterocycles. The van der Waals surface area contributed by atoms with Gasteiger partial charge in [0.1, 0.15) is 0 Å². The van der Waals surface area contributed by atoms with Gasteiger partial charge in [-0.25, -0.2) is 4.98 Å². The number of nitrogens with zero attached hydrogens (tertiary/aromatic N) is 2. The van der Waals surface area contributed by atoms with Crippen molar-refractivity contribution < 1.29 is 9.90 Å². The molecule has 0 aliphatic carbocycles. The molecule has 90 valence electrons. The zero-order valence-corrected chi connectivity index (χ0v) is 10.8. The van der Waals surface area contributed by atoms with Gasteiger partial charge in [-0.2, -0.15) is 0 Å². The maximum atomic E-state index is 10.5. The number of hydrogen-bond acceptors (Lipinski definition) is 4. The molecule has 0 bridgehead atoms. The summed E-state index contributed by atoms with van der Waals surface area (Å²) >= 11 is 1.52. The van der Waals surface area contributed by atoms with Gasteiger partial charge in [0.05, 0.1) is 12.1 Å². The Balaban J connectivity index is 2.70. The highest BCUT2D eigenvalue weighted by Crippen LogP contribution is 2.21. The summed E-state index contributed by atoms with van der Waals surface area (Å²) in [6.45, 7) is 8.26. The van der Waals surface area contributed by atoms with E-state index in [1.54, 1.807) is 0 Å². The number of carboxylic acid groups (broad SMARTS) is 1. The molecule has 4 nitrogen and oxygen atoms in total. The van der Waals surface area contributed by atoms with Crippen LogP contribution in [-0.2, 0) is 11.2 Å². The van der Waals surface area contributed by atoms with Crippen molar-refractivity contribution in [2.45, 2.75) is 27.2 Å². The fourth-order valence-corrected chi connectivity index (χ4v) is 2.36. The number of carboxylic acids is 1. The van der Waals surface area contributed by atoms with Crippen molar-refractivity contribution in [2.24, 2.45) is 5.92 Å². The van der Waals surface area contributed by atoms with Gasteiger partial charge in [-0.15, -0.1) is 11.3 Å². The lowest BCUT2D eigenvalue weighted by Gasteiger charge is -2.21. The topological polar surface area (TPSA) is 53.4 Å². The molecule has 0 aliphatic heterocycles. The third kappa shape index (κ3) is 3.81. The molecule has 1 N–H and O–H groups in total. The van der Waals surface area contributed by atoms with Crippen LogP contribution < -0.4 is 4.90 Å². The summed E-state index contributed by atoms with van der Waals surface area (Å²) in [7, 11) is 0. The van der Waals surface area contributed by atoms with E-state index in [0.29, 0.717) is 11.6 Å². The summed E-state index contributed by atoms with van der Waals surface area (Å²) in [6, 6.07) is 0. The Morgan fingerprint density at radius 2 is 2.31 bits per heavy atom. The summed E-state index contributed by atoms with van der Waals surface area (Å²) in [5.74, 6) is -0.254. The predicted octanol–water partition coefficient (Wildman–Crippen LogP) is 2.25. The Kier molecular flexibility index (Phi) is 4.73. The van der Waals surface area contributed by atoms with Crippen molar-refractivity contribution in [1.82, 2.24) is 4.98 Å². The van der Waals surface area contributed by atoms with Gasteiger partial charge in [-0.1, -0.05) is 13.8 Å². The minimum atomic E-state index is -0.830. The van der Waals surface area contributed by atoms with Gasteiger partial charge in [0.15, 0.2) is 5.13 Å². The maximum Gasteiger partial charge on any atom is 0.309 e.